The lowest BCUT2D eigenvalue weighted by atomic mass is 10.2. The van der Waals surface area contributed by atoms with Gasteiger partial charge in [0, 0.05) is 6.07 Å². The highest BCUT2D eigenvalue weighted by Crippen LogP contribution is 2.29. The van der Waals surface area contributed by atoms with Crippen LogP contribution >= 0.6 is 0 Å². The number of methoxy groups -OCH3 is 2. The lowest BCUT2D eigenvalue weighted by molar-refractivity contribution is -0.438. The van der Waals surface area contributed by atoms with Crippen LogP contribution in [-0.4, -0.2) is 44.1 Å². The monoisotopic (exact) mass is 276 g/mol. The van der Waals surface area contributed by atoms with Crippen LogP contribution < -0.4 is 19.8 Å². The Morgan fingerprint density at radius 2 is 2.25 bits per heavy atom. The minimum Gasteiger partial charge on any atom is -0.497 e. The van der Waals surface area contributed by atoms with Crippen molar-refractivity contribution in [2.45, 2.75) is 0 Å². The third-order valence-electron chi connectivity index (χ3n) is 2.95. The molecule has 0 bridgehead atoms. The van der Waals surface area contributed by atoms with Crippen molar-refractivity contribution in [2.75, 3.05) is 32.6 Å². The van der Waals surface area contributed by atoms with Gasteiger partial charge < -0.3 is 9.47 Å². The summed E-state index contributed by atoms with van der Waals surface area (Å²) in [6, 6.07) is 5.43. The fourth-order valence-corrected chi connectivity index (χ4v) is 1.94. The molecular formula is C14H18N3O3+. The molecule has 6 heteroatoms. The summed E-state index contributed by atoms with van der Waals surface area (Å²) >= 11 is 0. The molecule has 20 heavy (non-hydrogen) atoms. The van der Waals surface area contributed by atoms with Crippen LogP contribution in [-0.2, 0) is 4.79 Å². The number of nitrogens with one attached hydrogen (secondary N) is 2. The first kappa shape index (κ1) is 13.9. The van der Waals surface area contributed by atoms with Crippen molar-refractivity contribution in [2.24, 2.45) is 0 Å². The number of guanidine groups is 1. The zero-order valence-corrected chi connectivity index (χ0v) is 11.6. The zero-order valence-electron chi connectivity index (χ0n) is 11.6. The van der Waals surface area contributed by atoms with Crippen molar-refractivity contribution in [3.05, 3.63) is 30.9 Å². The van der Waals surface area contributed by atoms with Gasteiger partial charge in [0.1, 0.15) is 11.4 Å². The standard InChI is InChI=1S/C14H17N3O3/c1-4-7-17-13(18)9-15-14(17)16-11-6-5-10(19-2)8-12(11)20-3/h4-6,8H,1,7,9H2,2-3H3,(H,15,16)/p+1. The summed E-state index contributed by atoms with van der Waals surface area (Å²) in [6.07, 6.45) is 1.68. The lowest BCUT2D eigenvalue weighted by Gasteiger charge is -2.12. The van der Waals surface area contributed by atoms with E-state index in [9.17, 15) is 4.79 Å². The van der Waals surface area contributed by atoms with Crippen molar-refractivity contribution in [3.8, 4) is 11.5 Å². The number of rotatable bonds is 5. The number of nitrogens with zero attached hydrogens (tertiary/aromatic N) is 1. The lowest BCUT2D eigenvalue weighted by Crippen LogP contribution is -2.72. The summed E-state index contributed by atoms with van der Waals surface area (Å²) in [5.41, 5.74) is 0.750. The van der Waals surface area contributed by atoms with Crippen molar-refractivity contribution >= 4 is 17.6 Å². The van der Waals surface area contributed by atoms with E-state index in [-0.39, 0.29) is 12.5 Å². The molecule has 1 heterocycles. The Balaban J connectivity index is 2.21. The third-order valence-corrected chi connectivity index (χ3v) is 2.95. The van der Waals surface area contributed by atoms with Crippen LogP contribution in [0.25, 0.3) is 0 Å². The van der Waals surface area contributed by atoms with Gasteiger partial charge in [0.25, 0.3) is 0 Å². The Bertz CT molecular complexity index is 555. The molecule has 1 aliphatic heterocycles. The summed E-state index contributed by atoms with van der Waals surface area (Å²) in [6.45, 7) is 4.38. The molecule has 6 nitrogen and oxygen atoms in total. The minimum absolute atomic E-state index is 0.000112. The molecule has 0 atom stereocenters. The van der Waals surface area contributed by atoms with E-state index in [4.69, 9.17) is 9.47 Å². The molecule has 0 saturated carbocycles. The van der Waals surface area contributed by atoms with E-state index in [0.29, 0.717) is 24.0 Å². The first-order chi connectivity index (χ1) is 9.69. The number of amides is 1. The molecular weight excluding hydrogens is 258 g/mol. The molecule has 2 N–H and O–H groups in total. The van der Waals surface area contributed by atoms with Crippen LogP contribution in [0.1, 0.15) is 0 Å². The SMILES string of the molecule is C=CCN1C(=O)C[NH+]=C1Nc1ccc(OC)cc1OC. The van der Waals surface area contributed by atoms with Gasteiger partial charge in [-0.3, -0.25) is 9.79 Å². The topological polar surface area (TPSA) is 64.8 Å². The summed E-state index contributed by atoms with van der Waals surface area (Å²) in [4.78, 5) is 16.3. The van der Waals surface area contributed by atoms with Crippen LogP contribution in [0.15, 0.2) is 30.9 Å². The van der Waals surface area contributed by atoms with Gasteiger partial charge in [-0.15, -0.1) is 0 Å². The molecule has 1 aromatic rings. The third kappa shape index (κ3) is 2.74. The van der Waals surface area contributed by atoms with Gasteiger partial charge in [0.2, 0.25) is 0 Å². The van der Waals surface area contributed by atoms with Crippen LogP contribution in [0.4, 0.5) is 5.69 Å². The molecule has 1 amide bonds. The Morgan fingerprint density at radius 3 is 2.90 bits per heavy atom. The summed E-state index contributed by atoms with van der Waals surface area (Å²) in [5, 5.41) is 3.16. The van der Waals surface area contributed by atoms with E-state index in [2.05, 4.69) is 16.9 Å². The molecule has 0 aromatic heterocycles. The molecule has 1 aliphatic rings. The van der Waals surface area contributed by atoms with E-state index >= 15 is 0 Å². The van der Waals surface area contributed by atoms with Crippen LogP contribution in [0.2, 0.25) is 0 Å². The average molecular weight is 276 g/mol. The molecule has 106 valence electrons. The normalized spacial score (nSPS) is 14.0. The van der Waals surface area contributed by atoms with Crippen LogP contribution in [0.5, 0.6) is 11.5 Å². The van der Waals surface area contributed by atoms with Gasteiger partial charge in [0.05, 0.1) is 20.8 Å². The predicted octanol–water partition coefficient (Wildman–Crippen LogP) is -0.419. The molecule has 0 radical (unpaired) electrons. The molecule has 0 aliphatic carbocycles. The van der Waals surface area contributed by atoms with E-state index in [1.807, 2.05) is 12.1 Å². The van der Waals surface area contributed by atoms with Crippen molar-refractivity contribution in [1.29, 1.82) is 0 Å². The molecule has 0 saturated heterocycles. The number of hydrogen-bond donors (Lipinski definition) is 2. The van der Waals surface area contributed by atoms with Crippen molar-refractivity contribution in [1.82, 2.24) is 4.90 Å². The number of carbonyl (C=O) groups is 1. The van der Waals surface area contributed by atoms with E-state index < -0.39 is 0 Å². The molecule has 1 aromatic carbocycles. The van der Waals surface area contributed by atoms with Gasteiger partial charge in [-0.05, 0) is 12.1 Å². The quantitative estimate of drug-likeness (QED) is 0.717. The predicted molar refractivity (Wildman–Crippen MR) is 75.9 cm³/mol. The smallest absolute Gasteiger partial charge is 0.359 e. The van der Waals surface area contributed by atoms with Crippen LogP contribution in [0, 0.1) is 0 Å². The maximum absolute atomic E-state index is 11.7. The van der Waals surface area contributed by atoms with Gasteiger partial charge in [-0.1, -0.05) is 12.7 Å². The average Bonchev–Trinajstić information content (AvgIpc) is 2.81. The summed E-state index contributed by atoms with van der Waals surface area (Å²) in [5.74, 6) is 1.96. The highest BCUT2D eigenvalue weighted by atomic mass is 16.5. The number of carbonyl (C=O) groups excluding carboxylic acids is 1. The fourth-order valence-electron chi connectivity index (χ4n) is 1.94. The highest BCUT2D eigenvalue weighted by molar-refractivity contribution is 6.04. The summed E-state index contributed by atoms with van der Waals surface area (Å²) < 4.78 is 10.5. The van der Waals surface area contributed by atoms with Gasteiger partial charge in [-0.25, -0.2) is 5.32 Å². The van der Waals surface area contributed by atoms with Crippen molar-refractivity contribution in [3.63, 3.8) is 0 Å². The summed E-state index contributed by atoms with van der Waals surface area (Å²) in [7, 11) is 3.18. The fraction of sp³-hybridized carbons (Fsp3) is 0.286. The Hall–Kier alpha value is -2.50. The maximum atomic E-state index is 11.7. The largest absolute Gasteiger partial charge is 0.497 e. The van der Waals surface area contributed by atoms with Gasteiger partial charge in [0.15, 0.2) is 12.3 Å². The van der Waals surface area contributed by atoms with Crippen LogP contribution in [0.3, 0.4) is 0 Å². The second kappa shape index (κ2) is 6.10. The first-order valence-corrected chi connectivity index (χ1v) is 6.20. The Morgan fingerprint density at radius 1 is 1.45 bits per heavy atom. The Kier molecular flexibility index (Phi) is 4.24. The number of anilines is 1. The van der Waals surface area contributed by atoms with E-state index in [0.717, 1.165) is 5.69 Å². The van der Waals surface area contributed by atoms with Crippen molar-refractivity contribution < 1.29 is 19.3 Å². The molecule has 2 rings (SSSR count). The highest BCUT2D eigenvalue weighted by Gasteiger charge is 2.32. The number of ether oxygens (including phenoxy) is 2. The Labute approximate surface area is 117 Å². The minimum atomic E-state index is -0.000112. The molecule has 0 spiro atoms. The zero-order chi connectivity index (χ0) is 14.5. The van der Waals surface area contributed by atoms with Gasteiger partial charge in [-0.2, -0.15) is 4.90 Å². The molecule has 0 fully saturated rings. The number of benzene rings is 1. The second-order valence-electron chi connectivity index (χ2n) is 4.19. The maximum Gasteiger partial charge on any atom is 0.359 e. The first-order valence-electron chi connectivity index (χ1n) is 6.20. The molecule has 0 unspecified atom stereocenters. The number of hydrogen-bond acceptors (Lipinski definition) is 4. The van der Waals surface area contributed by atoms with E-state index in [1.165, 1.54) is 0 Å². The second-order valence-corrected chi connectivity index (χ2v) is 4.19. The van der Waals surface area contributed by atoms with E-state index in [1.54, 1.807) is 31.3 Å². The van der Waals surface area contributed by atoms with Gasteiger partial charge >= 0.3 is 11.9 Å².